The van der Waals surface area contributed by atoms with Gasteiger partial charge in [0.15, 0.2) is 0 Å². The van der Waals surface area contributed by atoms with Gasteiger partial charge >= 0.3 is 0 Å². The average molecular weight is 646 g/mol. The molecule has 10 aromatic rings. The van der Waals surface area contributed by atoms with Gasteiger partial charge in [-0.15, -0.1) is 0 Å². The van der Waals surface area contributed by atoms with Crippen molar-refractivity contribution in [2.24, 2.45) is 0 Å². The predicted octanol–water partition coefficient (Wildman–Crippen LogP) is 10.8. The molecule has 0 fully saturated rings. The van der Waals surface area contributed by atoms with E-state index in [1.165, 1.54) is 126 Å². The number of hydrogen-bond donors (Lipinski definition) is 0. The SMILES string of the molecule is Cc1cc(C)c(B2c3cccc4c3-c3c2ccc2ccc5c(c32)c2c-4cccc2n5-c2ccc3c4ccccc4c4ccccc4c3c2)c(C)c1. The van der Waals surface area contributed by atoms with Crippen molar-refractivity contribution in [1.29, 1.82) is 0 Å². The summed E-state index contributed by atoms with van der Waals surface area (Å²) in [4.78, 5) is 0. The third-order valence-corrected chi connectivity index (χ3v) is 12.2. The summed E-state index contributed by atoms with van der Waals surface area (Å²) < 4.78 is 2.53. The van der Waals surface area contributed by atoms with Gasteiger partial charge in [0.05, 0.1) is 11.0 Å². The minimum absolute atomic E-state index is 0.210. The third kappa shape index (κ3) is 3.38. The third-order valence-electron chi connectivity index (χ3n) is 12.2. The minimum Gasteiger partial charge on any atom is -0.309 e. The highest BCUT2D eigenvalue weighted by Crippen LogP contribution is 2.50. The zero-order valence-electron chi connectivity index (χ0n) is 28.8. The summed E-state index contributed by atoms with van der Waals surface area (Å²) in [7, 11) is 0. The number of benzene rings is 9. The predicted molar refractivity (Wildman–Crippen MR) is 221 cm³/mol. The topological polar surface area (TPSA) is 4.93 Å². The van der Waals surface area contributed by atoms with E-state index in [2.05, 4.69) is 165 Å². The zero-order chi connectivity index (χ0) is 33.7. The van der Waals surface area contributed by atoms with Gasteiger partial charge in [0.2, 0.25) is 6.71 Å². The summed E-state index contributed by atoms with van der Waals surface area (Å²) in [5.41, 5.74) is 17.7. The number of nitrogens with zero attached hydrogens (tertiary/aromatic N) is 1. The molecule has 0 radical (unpaired) electrons. The summed E-state index contributed by atoms with van der Waals surface area (Å²) in [6.07, 6.45) is 0. The van der Waals surface area contributed by atoms with Crippen LogP contribution in [0.4, 0.5) is 0 Å². The molecule has 51 heavy (non-hydrogen) atoms. The van der Waals surface area contributed by atoms with E-state index in [1.54, 1.807) is 0 Å². The van der Waals surface area contributed by atoms with Gasteiger partial charge in [-0.05, 0) is 110 Å². The van der Waals surface area contributed by atoms with Gasteiger partial charge in [-0.1, -0.05) is 148 Å². The van der Waals surface area contributed by atoms with Gasteiger partial charge in [-0.3, -0.25) is 0 Å². The molecule has 1 nitrogen and oxygen atoms in total. The molecule has 0 unspecified atom stereocenters. The number of aromatic nitrogens is 1. The first-order chi connectivity index (χ1) is 25.1. The molecule has 0 amide bonds. The maximum atomic E-state index is 2.53. The summed E-state index contributed by atoms with van der Waals surface area (Å²) in [6.45, 7) is 7.03. The van der Waals surface area contributed by atoms with Gasteiger partial charge < -0.3 is 4.57 Å². The quantitative estimate of drug-likeness (QED) is 0.130. The van der Waals surface area contributed by atoms with Crippen LogP contribution in [0.3, 0.4) is 0 Å². The molecular formula is C49H32BN. The molecule has 0 saturated heterocycles. The fourth-order valence-corrected chi connectivity index (χ4v) is 10.5. The Balaban J connectivity index is 1.23. The average Bonchev–Trinajstić information content (AvgIpc) is 3.63. The van der Waals surface area contributed by atoms with E-state index in [9.17, 15) is 0 Å². The van der Waals surface area contributed by atoms with Crippen LogP contribution in [0.1, 0.15) is 16.7 Å². The van der Waals surface area contributed by atoms with E-state index in [-0.39, 0.29) is 6.71 Å². The second-order valence-electron chi connectivity index (χ2n) is 15.0. The Hall–Kier alpha value is -6.12. The fourth-order valence-electron chi connectivity index (χ4n) is 10.5. The van der Waals surface area contributed by atoms with Gasteiger partial charge in [0.1, 0.15) is 0 Å². The first kappa shape index (κ1) is 27.7. The highest BCUT2D eigenvalue weighted by atomic mass is 15.0. The molecule has 12 rings (SSSR count). The molecule has 0 bridgehead atoms. The molecule has 236 valence electrons. The highest BCUT2D eigenvalue weighted by molar-refractivity contribution is 7.00. The van der Waals surface area contributed by atoms with Gasteiger partial charge in [-0.25, -0.2) is 0 Å². The van der Waals surface area contributed by atoms with E-state index in [1.807, 2.05) is 0 Å². The van der Waals surface area contributed by atoms with Gasteiger partial charge in [0.25, 0.3) is 0 Å². The van der Waals surface area contributed by atoms with Crippen LogP contribution in [0.5, 0.6) is 0 Å². The largest absolute Gasteiger partial charge is 0.309 e. The minimum atomic E-state index is 0.210. The molecule has 0 spiro atoms. The van der Waals surface area contributed by atoms with Gasteiger partial charge in [-0.2, -0.15) is 0 Å². The maximum absolute atomic E-state index is 2.53. The van der Waals surface area contributed by atoms with Crippen LogP contribution in [0.2, 0.25) is 0 Å². The number of aryl methyl sites for hydroxylation is 3. The molecule has 0 N–H and O–H groups in total. The molecule has 2 heterocycles. The molecule has 2 aliphatic rings. The number of fused-ring (bicyclic) bond motifs is 7. The van der Waals surface area contributed by atoms with E-state index in [0.29, 0.717) is 0 Å². The Kier molecular flexibility index (Phi) is 5.19. The lowest BCUT2D eigenvalue weighted by atomic mass is 9.37. The first-order valence-corrected chi connectivity index (χ1v) is 18.1. The van der Waals surface area contributed by atoms with Crippen LogP contribution in [-0.4, -0.2) is 11.3 Å². The fraction of sp³-hybridized carbons (Fsp3) is 0.0612. The van der Waals surface area contributed by atoms with E-state index < -0.39 is 0 Å². The molecule has 1 aromatic heterocycles. The Morgan fingerprint density at radius 2 is 1.04 bits per heavy atom. The van der Waals surface area contributed by atoms with E-state index in [4.69, 9.17) is 0 Å². The molecule has 1 aliphatic carbocycles. The van der Waals surface area contributed by atoms with E-state index in [0.717, 1.165) is 0 Å². The van der Waals surface area contributed by atoms with Crippen molar-refractivity contribution >= 4 is 88.0 Å². The lowest BCUT2D eigenvalue weighted by Crippen LogP contribution is -2.51. The summed E-state index contributed by atoms with van der Waals surface area (Å²) in [5.74, 6) is 0. The molecule has 0 saturated carbocycles. The van der Waals surface area contributed by atoms with Crippen LogP contribution < -0.4 is 16.4 Å². The standard InChI is InChI=1S/C49H32BN/c1-27-24-28(2)49(29(3)25-27)50-40-16-8-14-37-38-15-9-17-42-46(38)48-43(23-19-30-18-22-41(50)47(44(30)48)45(37)40)51(42)31-20-21-36-34-12-5-4-10-32(34)33-11-6-7-13-35(33)39(36)26-31/h4-26H,1-3H3. The van der Waals surface area contributed by atoms with E-state index >= 15 is 0 Å². The Bertz CT molecular complexity index is 3170. The van der Waals surface area contributed by atoms with Crippen molar-refractivity contribution < 1.29 is 0 Å². The second-order valence-corrected chi connectivity index (χ2v) is 15.0. The molecule has 0 atom stereocenters. The second kappa shape index (κ2) is 9.56. The van der Waals surface area contributed by atoms with Crippen LogP contribution in [0.15, 0.2) is 140 Å². The van der Waals surface area contributed by atoms with Crippen LogP contribution in [-0.2, 0) is 0 Å². The first-order valence-electron chi connectivity index (χ1n) is 18.1. The zero-order valence-corrected chi connectivity index (χ0v) is 28.8. The Labute approximate surface area is 296 Å². The maximum Gasteiger partial charge on any atom is 0.243 e. The summed E-state index contributed by atoms with van der Waals surface area (Å²) >= 11 is 0. The van der Waals surface area contributed by atoms with Crippen LogP contribution in [0, 0.1) is 20.8 Å². The van der Waals surface area contributed by atoms with Crippen molar-refractivity contribution in [3.05, 3.63) is 156 Å². The van der Waals surface area contributed by atoms with Gasteiger partial charge in [0, 0.05) is 16.5 Å². The molecule has 9 aromatic carbocycles. The smallest absolute Gasteiger partial charge is 0.243 e. The van der Waals surface area contributed by atoms with Crippen LogP contribution >= 0.6 is 0 Å². The summed E-state index contributed by atoms with van der Waals surface area (Å²) in [6, 6.07) is 53.2. The lowest BCUT2D eigenvalue weighted by Gasteiger charge is -2.18. The van der Waals surface area contributed by atoms with Crippen molar-refractivity contribution in [1.82, 2.24) is 4.57 Å². The Morgan fingerprint density at radius 1 is 0.431 bits per heavy atom. The van der Waals surface area contributed by atoms with Crippen molar-refractivity contribution in [3.8, 4) is 27.9 Å². The number of rotatable bonds is 2. The van der Waals surface area contributed by atoms with Crippen molar-refractivity contribution in [3.63, 3.8) is 0 Å². The Morgan fingerprint density at radius 3 is 1.78 bits per heavy atom. The monoisotopic (exact) mass is 645 g/mol. The summed E-state index contributed by atoms with van der Waals surface area (Å²) in [5, 5.41) is 13.3. The molecular weight excluding hydrogens is 613 g/mol. The molecule has 2 heteroatoms. The van der Waals surface area contributed by atoms with Crippen LogP contribution in [0.25, 0.3) is 92.8 Å². The number of hydrogen-bond acceptors (Lipinski definition) is 0. The normalized spacial score (nSPS) is 13.0. The molecule has 1 aliphatic heterocycles. The highest BCUT2D eigenvalue weighted by Gasteiger charge is 2.39. The van der Waals surface area contributed by atoms with Crippen molar-refractivity contribution in [2.45, 2.75) is 20.8 Å². The lowest BCUT2D eigenvalue weighted by molar-refractivity contribution is 1.19. The van der Waals surface area contributed by atoms with Crippen molar-refractivity contribution in [2.75, 3.05) is 0 Å².